The normalized spacial score (nSPS) is 13.3. The van der Waals surface area contributed by atoms with Crippen molar-refractivity contribution in [3.8, 4) is 0 Å². The van der Waals surface area contributed by atoms with Crippen molar-refractivity contribution in [2.75, 3.05) is 20.6 Å². The largest absolute Gasteiger partial charge is 0.381 e. The lowest BCUT2D eigenvalue weighted by atomic mass is 10.1. The first-order valence-corrected chi connectivity index (χ1v) is 8.34. The molecule has 1 atom stereocenters. The predicted octanol–water partition coefficient (Wildman–Crippen LogP) is 2.26. The van der Waals surface area contributed by atoms with Crippen LogP contribution in [0.4, 0.5) is 0 Å². The number of hydrogen-bond acceptors (Lipinski definition) is 6. The van der Waals surface area contributed by atoms with Crippen molar-refractivity contribution in [1.29, 1.82) is 0 Å². The van der Waals surface area contributed by atoms with Gasteiger partial charge in [-0.25, -0.2) is 0 Å². The molecule has 0 aliphatic rings. The topological polar surface area (TPSA) is 67.1 Å². The van der Waals surface area contributed by atoms with Gasteiger partial charge >= 0.3 is 0 Å². The summed E-state index contributed by atoms with van der Waals surface area (Å²) >= 11 is 4.72. The third-order valence-corrected chi connectivity index (χ3v) is 4.59. The van der Waals surface area contributed by atoms with Crippen LogP contribution in [0.2, 0.25) is 0 Å². The SMILES string of the molecule is CC(C)c1nnsc1C(O)c1c(Br)cnn1CCN(C)C. The van der Waals surface area contributed by atoms with E-state index in [4.69, 9.17) is 0 Å². The van der Waals surface area contributed by atoms with E-state index < -0.39 is 6.10 Å². The summed E-state index contributed by atoms with van der Waals surface area (Å²) in [6, 6.07) is 0. The Kier molecular flexibility index (Phi) is 5.48. The Hall–Kier alpha value is -0.830. The molecule has 0 aliphatic heterocycles. The van der Waals surface area contributed by atoms with Gasteiger partial charge in [-0.1, -0.05) is 18.3 Å². The number of aliphatic hydroxyl groups is 1. The maximum absolute atomic E-state index is 10.8. The number of nitrogens with zero attached hydrogens (tertiary/aromatic N) is 5. The van der Waals surface area contributed by atoms with Crippen molar-refractivity contribution in [2.45, 2.75) is 32.4 Å². The lowest BCUT2D eigenvalue weighted by molar-refractivity contribution is 0.207. The van der Waals surface area contributed by atoms with Gasteiger partial charge in [-0.05, 0) is 47.5 Å². The fourth-order valence-electron chi connectivity index (χ4n) is 2.04. The van der Waals surface area contributed by atoms with Crippen LogP contribution >= 0.6 is 27.5 Å². The summed E-state index contributed by atoms with van der Waals surface area (Å²) in [5, 5.41) is 19.2. The van der Waals surface area contributed by atoms with Gasteiger partial charge in [0, 0.05) is 6.54 Å². The van der Waals surface area contributed by atoms with E-state index in [0.717, 1.165) is 27.3 Å². The van der Waals surface area contributed by atoms with E-state index in [0.29, 0.717) is 6.54 Å². The van der Waals surface area contributed by atoms with Crippen LogP contribution in [-0.4, -0.2) is 50.0 Å². The lowest BCUT2D eigenvalue weighted by Gasteiger charge is -2.16. The Morgan fingerprint density at radius 3 is 2.76 bits per heavy atom. The average molecular weight is 374 g/mol. The van der Waals surface area contributed by atoms with Gasteiger partial charge in [-0.15, -0.1) is 5.10 Å². The first-order valence-electron chi connectivity index (χ1n) is 6.78. The first-order chi connectivity index (χ1) is 9.91. The Morgan fingerprint density at radius 2 is 2.14 bits per heavy atom. The zero-order valence-electron chi connectivity index (χ0n) is 12.6. The molecule has 0 aliphatic carbocycles. The Bertz CT molecular complexity index is 595. The molecule has 2 heterocycles. The molecular formula is C13H20BrN5OS. The van der Waals surface area contributed by atoms with Gasteiger partial charge in [0.2, 0.25) is 0 Å². The van der Waals surface area contributed by atoms with E-state index in [2.05, 4.69) is 35.5 Å². The second-order valence-electron chi connectivity index (χ2n) is 5.48. The first kappa shape index (κ1) is 16.5. The van der Waals surface area contributed by atoms with Crippen molar-refractivity contribution < 1.29 is 5.11 Å². The van der Waals surface area contributed by atoms with Gasteiger partial charge in [0.1, 0.15) is 6.10 Å². The van der Waals surface area contributed by atoms with Crippen molar-refractivity contribution in [1.82, 2.24) is 24.3 Å². The molecule has 21 heavy (non-hydrogen) atoms. The van der Waals surface area contributed by atoms with E-state index in [-0.39, 0.29) is 5.92 Å². The number of halogens is 1. The fourth-order valence-corrected chi connectivity index (χ4v) is 3.35. The number of hydrogen-bond donors (Lipinski definition) is 1. The Morgan fingerprint density at radius 1 is 1.43 bits per heavy atom. The zero-order valence-corrected chi connectivity index (χ0v) is 15.0. The van der Waals surface area contributed by atoms with Crippen LogP contribution in [0.15, 0.2) is 10.7 Å². The molecule has 0 saturated carbocycles. The van der Waals surface area contributed by atoms with Crippen molar-refractivity contribution in [3.63, 3.8) is 0 Å². The monoisotopic (exact) mass is 373 g/mol. The van der Waals surface area contributed by atoms with E-state index in [1.54, 1.807) is 6.20 Å². The molecule has 0 amide bonds. The van der Waals surface area contributed by atoms with Crippen LogP contribution in [0.3, 0.4) is 0 Å². The van der Waals surface area contributed by atoms with Crippen LogP contribution < -0.4 is 0 Å². The molecule has 0 radical (unpaired) electrons. The number of likely N-dealkylation sites (N-methyl/N-ethyl adjacent to an activating group) is 1. The summed E-state index contributed by atoms with van der Waals surface area (Å²) in [5.74, 6) is 0.227. The van der Waals surface area contributed by atoms with Gasteiger partial charge in [0.05, 0.1) is 33.5 Å². The molecular weight excluding hydrogens is 354 g/mol. The van der Waals surface area contributed by atoms with Crippen molar-refractivity contribution in [3.05, 3.63) is 26.9 Å². The Balaban J connectivity index is 2.32. The highest BCUT2D eigenvalue weighted by Crippen LogP contribution is 2.34. The summed E-state index contributed by atoms with van der Waals surface area (Å²) in [4.78, 5) is 2.87. The van der Waals surface area contributed by atoms with Crippen LogP contribution in [-0.2, 0) is 6.54 Å². The maximum atomic E-state index is 10.8. The smallest absolute Gasteiger partial charge is 0.134 e. The maximum Gasteiger partial charge on any atom is 0.134 e. The molecule has 8 heteroatoms. The third kappa shape index (κ3) is 3.68. The van der Waals surface area contributed by atoms with E-state index in [9.17, 15) is 5.11 Å². The molecule has 0 spiro atoms. The Labute approximate surface area is 137 Å². The number of aliphatic hydroxyl groups excluding tert-OH is 1. The fraction of sp³-hybridized carbons (Fsp3) is 0.615. The molecule has 2 aromatic rings. The quantitative estimate of drug-likeness (QED) is 0.840. The van der Waals surface area contributed by atoms with Crippen LogP contribution in [0.1, 0.15) is 42.1 Å². The van der Waals surface area contributed by atoms with E-state index >= 15 is 0 Å². The molecule has 1 N–H and O–H groups in total. The molecule has 2 aromatic heterocycles. The standard InChI is InChI=1S/C13H20BrN5OS/c1-8(2)10-13(21-17-16-10)12(20)11-9(14)7-15-19(11)6-5-18(3)4/h7-8,12,20H,5-6H2,1-4H3. The summed E-state index contributed by atoms with van der Waals surface area (Å²) in [6.45, 7) is 5.66. The minimum absolute atomic E-state index is 0.227. The van der Waals surface area contributed by atoms with Gasteiger partial charge in [-0.2, -0.15) is 5.10 Å². The summed E-state index contributed by atoms with van der Waals surface area (Å²) in [7, 11) is 4.03. The van der Waals surface area contributed by atoms with E-state index in [1.165, 1.54) is 11.5 Å². The molecule has 2 rings (SSSR count). The van der Waals surface area contributed by atoms with E-state index in [1.807, 2.05) is 32.6 Å². The average Bonchev–Trinajstić information content (AvgIpc) is 3.02. The molecule has 1 unspecified atom stereocenters. The molecule has 0 saturated heterocycles. The third-order valence-electron chi connectivity index (χ3n) is 3.19. The van der Waals surface area contributed by atoms with Crippen molar-refractivity contribution >= 4 is 27.5 Å². The highest BCUT2D eigenvalue weighted by atomic mass is 79.9. The van der Waals surface area contributed by atoms with Crippen LogP contribution in [0, 0.1) is 0 Å². The molecule has 0 fully saturated rings. The minimum atomic E-state index is -0.763. The molecule has 0 aromatic carbocycles. The number of rotatable bonds is 6. The van der Waals surface area contributed by atoms with Gasteiger partial charge in [0.25, 0.3) is 0 Å². The highest BCUT2D eigenvalue weighted by Gasteiger charge is 2.25. The van der Waals surface area contributed by atoms with Gasteiger partial charge < -0.3 is 10.0 Å². The lowest BCUT2D eigenvalue weighted by Crippen LogP contribution is -2.21. The second kappa shape index (κ2) is 6.95. The number of aromatic nitrogens is 4. The predicted molar refractivity (Wildman–Crippen MR) is 86.5 cm³/mol. The molecule has 6 nitrogen and oxygen atoms in total. The molecule has 0 bridgehead atoms. The molecule has 116 valence electrons. The summed E-state index contributed by atoms with van der Waals surface area (Å²) in [5.41, 5.74) is 1.60. The van der Waals surface area contributed by atoms with Crippen LogP contribution in [0.25, 0.3) is 0 Å². The summed E-state index contributed by atoms with van der Waals surface area (Å²) < 4.78 is 6.62. The van der Waals surface area contributed by atoms with Crippen LogP contribution in [0.5, 0.6) is 0 Å². The van der Waals surface area contributed by atoms with Crippen molar-refractivity contribution in [2.24, 2.45) is 0 Å². The van der Waals surface area contributed by atoms with Gasteiger partial charge in [0.15, 0.2) is 0 Å². The highest BCUT2D eigenvalue weighted by molar-refractivity contribution is 9.10. The van der Waals surface area contributed by atoms with Gasteiger partial charge in [-0.3, -0.25) is 4.68 Å². The second-order valence-corrected chi connectivity index (χ2v) is 7.12. The summed E-state index contributed by atoms with van der Waals surface area (Å²) in [6.07, 6.45) is 0.957. The minimum Gasteiger partial charge on any atom is -0.381 e. The zero-order chi connectivity index (χ0) is 15.6.